The Morgan fingerprint density at radius 3 is 2.15 bits per heavy atom. The molecular formula is C37H42ClN3O6S. The molecule has 254 valence electrons. The smallest absolute Gasteiger partial charge is 0.264 e. The second kappa shape index (κ2) is 16.5. The molecule has 0 radical (unpaired) electrons. The van der Waals surface area contributed by atoms with Gasteiger partial charge in [0.15, 0.2) is 11.5 Å². The zero-order valence-corrected chi connectivity index (χ0v) is 29.4. The van der Waals surface area contributed by atoms with Gasteiger partial charge in [-0.1, -0.05) is 78.7 Å². The molecule has 4 aromatic carbocycles. The summed E-state index contributed by atoms with van der Waals surface area (Å²) in [6.07, 6.45) is 0.924. The van der Waals surface area contributed by atoms with Crippen LogP contribution in [0.4, 0.5) is 5.69 Å². The minimum Gasteiger partial charge on any atom is -0.493 e. The largest absolute Gasteiger partial charge is 0.493 e. The van der Waals surface area contributed by atoms with Crippen LogP contribution in [0.1, 0.15) is 37.0 Å². The van der Waals surface area contributed by atoms with Gasteiger partial charge >= 0.3 is 0 Å². The summed E-state index contributed by atoms with van der Waals surface area (Å²) < 4.78 is 40.5. The average molecular weight is 692 g/mol. The van der Waals surface area contributed by atoms with E-state index in [0.717, 1.165) is 21.0 Å². The zero-order chi connectivity index (χ0) is 34.8. The number of sulfonamides is 1. The van der Waals surface area contributed by atoms with E-state index < -0.39 is 28.5 Å². The molecule has 0 bridgehead atoms. The first kappa shape index (κ1) is 36.3. The van der Waals surface area contributed by atoms with Crippen molar-refractivity contribution in [3.05, 3.63) is 119 Å². The minimum atomic E-state index is -4.35. The molecule has 9 nitrogen and oxygen atoms in total. The van der Waals surface area contributed by atoms with Gasteiger partial charge in [-0.2, -0.15) is 0 Å². The van der Waals surface area contributed by atoms with Crippen LogP contribution in [-0.2, 0) is 32.6 Å². The summed E-state index contributed by atoms with van der Waals surface area (Å²) in [6.45, 7) is 5.31. The molecule has 2 amide bonds. The maximum atomic E-state index is 14.6. The molecule has 0 aliphatic rings. The van der Waals surface area contributed by atoms with Gasteiger partial charge in [0.05, 0.1) is 24.8 Å². The normalized spacial score (nSPS) is 12.5. The van der Waals surface area contributed by atoms with Crippen LogP contribution in [0.15, 0.2) is 102 Å². The predicted molar refractivity (Wildman–Crippen MR) is 189 cm³/mol. The third-order valence-electron chi connectivity index (χ3n) is 8.04. The first-order valence-corrected chi connectivity index (χ1v) is 17.5. The summed E-state index contributed by atoms with van der Waals surface area (Å²) in [5.41, 5.74) is 2.87. The molecular weight excluding hydrogens is 650 g/mol. The molecule has 2 unspecified atom stereocenters. The number of carbonyl (C=O) groups excluding carboxylic acids is 2. The van der Waals surface area contributed by atoms with Crippen LogP contribution in [-0.4, -0.2) is 58.0 Å². The van der Waals surface area contributed by atoms with Crippen molar-refractivity contribution in [2.45, 2.75) is 57.1 Å². The SMILES string of the molecule is CCC(C)NC(=O)C(Cc1ccccc1)N(Cc1cccc(C)c1)C(=O)CN(c1ccc(Cl)cc1)S(=O)(=O)c1ccc(OC)c(OC)c1. The van der Waals surface area contributed by atoms with Gasteiger partial charge in [-0.05, 0) is 67.8 Å². The topological polar surface area (TPSA) is 105 Å². The van der Waals surface area contributed by atoms with Gasteiger partial charge in [0.2, 0.25) is 11.8 Å². The lowest BCUT2D eigenvalue weighted by Crippen LogP contribution is -2.54. The molecule has 0 heterocycles. The van der Waals surface area contributed by atoms with Crippen LogP contribution >= 0.6 is 11.6 Å². The Morgan fingerprint density at radius 1 is 0.854 bits per heavy atom. The second-order valence-corrected chi connectivity index (χ2v) is 13.8. The number of hydrogen-bond acceptors (Lipinski definition) is 6. The third-order valence-corrected chi connectivity index (χ3v) is 10.1. The highest BCUT2D eigenvalue weighted by Crippen LogP contribution is 2.33. The third kappa shape index (κ3) is 9.08. The highest BCUT2D eigenvalue weighted by atomic mass is 35.5. The van der Waals surface area contributed by atoms with Crippen molar-refractivity contribution in [1.29, 1.82) is 0 Å². The number of nitrogens with zero attached hydrogens (tertiary/aromatic N) is 2. The molecule has 4 rings (SSSR count). The van der Waals surface area contributed by atoms with E-state index in [0.29, 0.717) is 17.2 Å². The molecule has 0 aliphatic heterocycles. The first-order chi connectivity index (χ1) is 23.0. The van der Waals surface area contributed by atoms with Gasteiger partial charge in [0.1, 0.15) is 12.6 Å². The maximum absolute atomic E-state index is 14.6. The zero-order valence-electron chi connectivity index (χ0n) is 27.9. The molecule has 0 aliphatic carbocycles. The number of hydrogen-bond donors (Lipinski definition) is 1. The molecule has 0 aromatic heterocycles. The van der Waals surface area contributed by atoms with Crippen molar-refractivity contribution in [2.24, 2.45) is 0 Å². The van der Waals surface area contributed by atoms with Crippen molar-refractivity contribution in [3.63, 3.8) is 0 Å². The summed E-state index contributed by atoms with van der Waals surface area (Å²) in [5, 5.41) is 3.45. The Kier molecular flexibility index (Phi) is 12.5. The molecule has 0 spiro atoms. The average Bonchev–Trinajstić information content (AvgIpc) is 3.09. The first-order valence-electron chi connectivity index (χ1n) is 15.7. The fourth-order valence-corrected chi connectivity index (χ4v) is 6.80. The van der Waals surface area contributed by atoms with E-state index in [-0.39, 0.29) is 41.2 Å². The van der Waals surface area contributed by atoms with Crippen LogP contribution < -0.4 is 19.1 Å². The van der Waals surface area contributed by atoms with Crippen molar-refractivity contribution in [2.75, 3.05) is 25.1 Å². The lowest BCUT2D eigenvalue weighted by Gasteiger charge is -2.34. The fourth-order valence-electron chi connectivity index (χ4n) is 5.24. The number of ether oxygens (including phenoxy) is 2. The summed E-state index contributed by atoms with van der Waals surface area (Å²) in [4.78, 5) is 30.0. The molecule has 0 saturated carbocycles. The number of rotatable bonds is 15. The molecule has 0 fully saturated rings. The Bertz CT molecular complexity index is 1800. The lowest BCUT2D eigenvalue weighted by molar-refractivity contribution is -0.140. The molecule has 0 saturated heterocycles. The quantitative estimate of drug-likeness (QED) is 0.154. The number of carbonyl (C=O) groups is 2. The molecule has 2 atom stereocenters. The fraction of sp³-hybridized carbons (Fsp3) is 0.297. The van der Waals surface area contributed by atoms with Gasteiger partial charge in [-0.3, -0.25) is 13.9 Å². The number of benzene rings is 4. The van der Waals surface area contributed by atoms with E-state index in [2.05, 4.69) is 5.32 Å². The number of nitrogens with one attached hydrogen (secondary N) is 1. The predicted octanol–water partition coefficient (Wildman–Crippen LogP) is 6.42. The van der Waals surface area contributed by atoms with E-state index in [1.807, 2.05) is 75.4 Å². The van der Waals surface area contributed by atoms with Gasteiger partial charge in [0, 0.05) is 30.1 Å². The molecule has 48 heavy (non-hydrogen) atoms. The molecule has 4 aromatic rings. The van der Waals surface area contributed by atoms with Gasteiger partial charge in [-0.15, -0.1) is 0 Å². The Hall–Kier alpha value is -4.54. The number of amides is 2. The Labute approximate surface area is 288 Å². The van der Waals surface area contributed by atoms with E-state index in [4.69, 9.17) is 21.1 Å². The van der Waals surface area contributed by atoms with E-state index >= 15 is 0 Å². The summed E-state index contributed by atoms with van der Waals surface area (Å²) in [7, 11) is -1.49. The van der Waals surface area contributed by atoms with Crippen LogP contribution in [0.3, 0.4) is 0 Å². The Balaban J connectivity index is 1.83. The number of methoxy groups -OCH3 is 2. The van der Waals surface area contributed by atoms with Crippen molar-refractivity contribution in [1.82, 2.24) is 10.2 Å². The van der Waals surface area contributed by atoms with E-state index in [1.54, 1.807) is 12.1 Å². The molecule has 1 N–H and O–H groups in total. The number of anilines is 1. The summed E-state index contributed by atoms with van der Waals surface area (Å²) >= 11 is 6.17. The summed E-state index contributed by atoms with van der Waals surface area (Å²) in [5.74, 6) is -0.316. The highest BCUT2D eigenvalue weighted by molar-refractivity contribution is 7.92. The molecule has 11 heteroatoms. The van der Waals surface area contributed by atoms with E-state index in [1.165, 1.54) is 49.5 Å². The van der Waals surface area contributed by atoms with Crippen LogP contribution in [0.2, 0.25) is 5.02 Å². The second-order valence-electron chi connectivity index (χ2n) is 11.5. The summed E-state index contributed by atoms with van der Waals surface area (Å²) in [6, 6.07) is 26.5. The van der Waals surface area contributed by atoms with Gasteiger partial charge in [0.25, 0.3) is 10.0 Å². The van der Waals surface area contributed by atoms with Crippen LogP contribution in [0.5, 0.6) is 11.5 Å². The van der Waals surface area contributed by atoms with Crippen molar-refractivity contribution in [3.8, 4) is 11.5 Å². The standard InChI is InChI=1S/C37H42ClN3O6S/c1-6-27(3)39-37(43)33(22-28-12-8-7-9-13-28)40(24-29-14-10-11-26(2)21-29)36(42)25-41(31-17-15-30(38)16-18-31)48(44,45)32-19-20-34(46-4)35(23-32)47-5/h7-21,23,27,33H,6,22,24-25H2,1-5H3,(H,39,43). The Morgan fingerprint density at radius 2 is 1.52 bits per heavy atom. The number of halogens is 1. The highest BCUT2D eigenvalue weighted by Gasteiger charge is 2.35. The van der Waals surface area contributed by atoms with Crippen molar-refractivity contribution >= 4 is 39.1 Å². The van der Waals surface area contributed by atoms with Crippen LogP contribution in [0, 0.1) is 6.92 Å². The monoisotopic (exact) mass is 691 g/mol. The van der Waals surface area contributed by atoms with E-state index in [9.17, 15) is 18.0 Å². The van der Waals surface area contributed by atoms with Gasteiger partial charge < -0.3 is 19.7 Å². The van der Waals surface area contributed by atoms with Crippen LogP contribution in [0.25, 0.3) is 0 Å². The minimum absolute atomic E-state index is 0.0802. The lowest BCUT2D eigenvalue weighted by atomic mass is 10.0. The number of aryl methyl sites for hydroxylation is 1. The van der Waals surface area contributed by atoms with Gasteiger partial charge in [-0.25, -0.2) is 8.42 Å². The maximum Gasteiger partial charge on any atom is 0.264 e. The van der Waals surface area contributed by atoms with Crippen molar-refractivity contribution < 1.29 is 27.5 Å².